The van der Waals surface area contributed by atoms with Gasteiger partial charge in [-0.2, -0.15) is 0 Å². The molecule has 1 atom stereocenters. The maximum Gasteiger partial charge on any atom is 0.304 e. The fourth-order valence-electron chi connectivity index (χ4n) is 1.83. The van der Waals surface area contributed by atoms with Crippen LogP contribution in [0, 0.1) is 10.1 Å². The lowest BCUT2D eigenvalue weighted by atomic mass is 10.2. The summed E-state index contributed by atoms with van der Waals surface area (Å²) in [5, 5.41) is 21.2. The number of rotatable bonds is 5. The maximum absolute atomic E-state index is 11.1. The molecular weight excluding hydrogens is 278 g/mol. The number of nitrogens with zero attached hydrogens (tertiary/aromatic N) is 3. The van der Waals surface area contributed by atoms with Crippen molar-refractivity contribution in [3.63, 3.8) is 0 Å². The van der Waals surface area contributed by atoms with Crippen LogP contribution in [0.1, 0.15) is 23.5 Å². The minimum atomic E-state index is -0.707. The van der Waals surface area contributed by atoms with Crippen LogP contribution in [0.25, 0.3) is 0 Å². The van der Waals surface area contributed by atoms with Crippen molar-refractivity contribution in [1.82, 2.24) is 4.98 Å². The molecule has 0 aliphatic carbocycles. The molecule has 2 aromatic rings. The number of anilines is 1. The van der Waals surface area contributed by atoms with E-state index >= 15 is 0 Å². The van der Waals surface area contributed by atoms with Crippen molar-refractivity contribution in [3.8, 4) is 0 Å². The van der Waals surface area contributed by atoms with Gasteiger partial charge >= 0.3 is 5.69 Å². The van der Waals surface area contributed by atoms with Gasteiger partial charge in [0.15, 0.2) is 5.00 Å². The van der Waals surface area contributed by atoms with Gasteiger partial charge < -0.3 is 10.0 Å². The lowest BCUT2D eigenvalue weighted by molar-refractivity contribution is -0.383. The average molecular weight is 293 g/mol. The third kappa shape index (κ3) is 3.12. The van der Waals surface area contributed by atoms with Crippen molar-refractivity contribution in [2.45, 2.75) is 19.6 Å². The summed E-state index contributed by atoms with van der Waals surface area (Å²) in [5.41, 5.74) is 1.05. The van der Waals surface area contributed by atoms with Crippen LogP contribution in [0.3, 0.4) is 0 Å². The zero-order valence-corrected chi connectivity index (χ0v) is 12.0. The SMILES string of the molecule is C[C@@H](O)c1cc([N+](=O)[O-])c(N(C)Cc2ccncc2)s1. The highest BCUT2D eigenvalue weighted by Gasteiger charge is 2.23. The predicted molar refractivity (Wildman–Crippen MR) is 78.0 cm³/mol. The molecule has 0 saturated heterocycles. The van der Waals surface area contributed by atoms with E-state index in [2.05, 4.69) is 4.98 Å². The van der Waals surface area contributed by atoms with Gasteiger partial charge in [0, 0.05) is 36.9 Å². The first kappa shape index (κ1) is 14.4. The molecule has 6 nitrogen and oxygen atoms in total. The van der Waals surface area contributed by atoms with Gasteiger partial charge in [0.25, 0.3) is 0 Å². The standard InChI is InChI=1S/C13H15N3O3S/c1-9(17)12-7-11(16(18)19)13(20-12)15(2)8-10-3-5-14-6-4-10/h3-7,9,17H,8H2,1-2H3/t9-/m1/s1. The predicted octanol–water partition coefficient (Wildman–Crippen LogP) is 2.74. The Morgan fingerprint density at radius 3 is 2.70 bits per heavy atom. The van der Waals surface area contributed by atoms with E-state index in [0.29, 0.717) is 16.4 Å². The zero-order valence-electron chi connectivity index (χ0n) is 11.2. The molecule has 20 heavy (non-hydrogen) atoms. The molecule has 0 saturated carbocycles. The number of thiophene rings is 1. The summed E-state index contributed by atoms with van der Waals surface area (Å²) in [5.74, 6) is 0. The van der Waals surface area contributed by atoms with E-state index in [1.807, 2.05) is 17.0 Å². The van der Waals surface area contributed by atoms with Gasteiger partial charge in [-0.3, -0.25) is 15.1 Å². The lowest BCUT2D eigenvalue weighted by Crippen LogP contribution is -2.16. The normalized spacial score (nSPS) is 12.2. The van der Waals surface area contributed by atoms with E-state index in [4.69, 9.17) is 0 Å². The van der Waals surface area contributed by atoms with Crippen LogP contribution in [0.2, 0.25) is 0 Å². The molecule has 0 aliphatic heterocycles. The van der Waals surface area contributed by atoms with Gasteiger partial charge in [-0.15, -0.1) is 11.3 Å². The molecule has 0 radical (unpaired) electrons. The number of hydrogen-bond donors (Lipinski definition) is 1. The molecule has 2 aromatic heterocycles. The minimum Gasteiger partial charge on any atom is -0.388 e. The average Bonchev–Trinajstić information content (AvgIpc) is 2.85. The van der Waals surface area contributed by atoms with Gasteiger partial charge in [-0.25, -0.2) is 0 Å². The molecule has 0 amide bonds. The second kappa shape index (κ2) is 5.98. The van der Waals surface area contributed by atoms with E-state index < -0.39 is 11.0 Å². The summed E-state index contributed by atoms with van der Waals surface area (Å²) >= 11 is 1.24. The second-order valence-corrected chi connectivity index (χ2v) is 5.55. The van der Waals surface area contributed by atoms with Crippen molar-refractivity contribution in [2.24, 2.45) is 0 Å². The van der Waals surface area contributed by atoms with Crippen LogP contribution in [-0.4, -0.2) is 22.1 Å². The van der Waals surface area contributed by atoms with E-state index in [1.54, 1.807) is 26.4 Å². The largest absolute Gasteiger partial charge is 0.388 e. The Labute approximate surface area is 120 Å². The second-order valence-electron chi connectivity index (χ2n) is 4.48. The maximum atomic E-state index is 11.1. The summed E-state index contributed by atoms with van der Waals surface area (Å²) in [4.78, 5) is 17.0. The van der Waals surface area contributed by atoms with E-state index in [-0.39, 0.29) is 5.69 Å². The Kier molecular flexibility index (Phi) is 4.31. The molecule has 0 spiro atoms. The van der Waals surface area contributed by atoms with Crippen LogP contribution in [0.4, 0.5) is 10.7 Å². The number of pyridine rings is 1. The highest BCUT2D eigenvalue weighted by molar-refractivity contribution is 7.16. The van der Waals surface area contributed by atoms with Crippen molar-refractivity contribution < 1.29 is 10.0 Å². The van der Waals surface area contributed by atoms with E-state index in [9.17, 15) is 15.2 Å². The minimum absolute atomic E-state index is 0.0301. The number of hydrogen-bond acceptors (Lipinski definition) is 6. The van der Waals surface area contributed by atoms with Gasteiger partial charge in [0.05, 0.1) is 11.0 Å². The van der Waals surface area contributed by atoms with E-state index in [0.717, 1.165) is 5.56 Å². The Morgan fingerprint density at radius 2 is 2.15 bits per heavy atom. The third-order valence-corrected chi connectivity index (χ3v) is 4.25. The Bertz CT molecular complexity index is 598. The molecule has 0 bridgehead atoms. The summed E-state index contributed by atoms with van der Waals surface area (Å²) in [6.45, 7) is 2.14. The number of aliphatic hydroxyl groups excluding tert-OH is 1. The molecule has 2 heterocycles. The fraction of sp³-hybridized carbons (Fsp3) is 0.308. The smallest absolute Gasteiger partial charge is 0.304 e. The highest BCUT2D eigenvalue weighted by Crippen LogP contribution is 2.40. The summed E-state index contributed by atoms with van der Waals surface area (Å²) in [6.07, 6.45) is 2.67. The number of aliphatic hydroxyl groups is 1. The van der Waals surface area contributed by atoms with Crippen molar-refractivity contribution in [3.05, 3.63) is 51.1 Å². The first-order valence-electron chi connectivity index (χ1n) is 6.05. The topological polar surface area (TPSA) is 79.5 Å². The van der Waals surface area contributed by atoms with Gasteiger partial charge in [0.2, 0.25) is 0 Å². The van der Waals surface area contributed by atoms with Crippen molar-refractivity contribution in [2.75, 3.05) is 11.9 Å². The van der Waals surface area contributed by atoms with Crippen LogP contribution < -0.4 is 4.90 Å². The quantitative estimate of drug-likeness (QED) is 0.677. The third-order valence-electron chi connectivity index (χ3n) is 2.84. The Balaban J connectivity index is 2.28. The Morgan fingerprint density at radius 1 is 1.50 bits per heavy atom. The van der Waals surface area contributed by atoms with Gasteiger partial charge in [0.1, 0.15) is 0 Å². The van der Waals surface area contributed by atoms with Crippen LogP contribution in [-0.2, 0) is 6.54 Å². The molecule has 0 aromatic carbocycles. The molecule has 2 rings (SSSR count). The van der Waals surface area contributed by atoms with Crippen LogP contribution >= 0.6 is 11.3 Å². The van der Waals surface area contributed by atoms with Crippen LogP contribution in [0.15, 0.2) is 30.6 Å². The molecule has 7 heteroatoms. The molecule has 0 unspecified atom stereocenters. The van der Waals surface area contributed by atoms with Crippen molar-refractivity contribution in [1.29, 1.82) is 0 Å². The van der Waals surface area contributed by atoms with Crippen molar-refractivity contribution >= 4 is 22.0 Å². The molecule has 1 N–H and O–H groups in total. The first-order chi connectivity index (χ1) is 9.49. The molecular formula is C13H15N3O3S. The monoisotopic (exact) mass is 293 g/mol. The highest BCUT2D eigenvalue weighted by atomic mass is 32.1. The van der Waals surface area contributed by atoms with Gasteiger partial charge in [-0.05, 0) is 24.6 Å². The molecule has 106 valence electrons. The molecule has 0 fully saturated rings. The number of nitro groups is 1. The van der Waals surface area contributed by atoms with Crippen LogP contribution in [0.5, 0.6) is 0 Å². The lowest BCUT2D eigenvalue weighted by Gasteiger charge is -2.16. The summed E-state index contributed by atoms with van der Waals surface area (Å²) in [7, 11) is 1.80. The Hall–Kier alpha value is -1.99. The molecule has 0 aliphatic rings. The van der Waals surface area contributed by atoms with Gasteiger partial charge in [-0.1, -0.05) is 0 Å². The fourth-order valence-corrected chi connectivity index (χ4v) is 2.86. The zero-order chi connectivity index (χ0) is 14.7. The van der Waals surface area contributed by atoms with E-state index in [1.165, 1.54) is 17.4 Å². The first-order valence-corrected chi connectivity index (χ1v) is 6.87. The summed E-state index contributed by atoms with van der Waals surface area (Å²) in [6, 6.07) is 5.17. The summed E-state index contributed by atoms with van der Waals surface area (Å²) < 4.78 is 0. The number of aromatic nitrogens is 1.